The molecule has 0 bridgehead atoms. The van der Waals surface area contributed by atoms with Crippen molar-refractivity contribution in [2.24, 2.45) is 0 Å². The van der Waals surface area contributed by atoms with E-state index in [1.54, 1.807) is 23.3 Å². The predicted octanol–water partition coefficient (Wildman–Crippen LogP) is 11.7. The van der Waals surface area contributed by atoms with Crippen molar-refractivity contribution in [2.45, 2.75) is 58.8 Å². The number of hydrogen-bond acceptors (Lipinski definition) is 0. The molecule has 0 N–H and O–H groups in total. The minimum atomic E-state index is -0.455. The van der Waals surface area contributed by atoms with E-state index in [4.69, 9.17) is 0 Å². The monoisotopic (exact) mass is 766 g/mol. The van der Waals surface area contributed by atoms with E-state index in [2.05, 4.69) is 187 Å². The Morgan fingerprint density at radius 2 is 0.981 bits per heavy atom. The van der Waals surface area contributed by atoms with Crippen molar-refractivity contribution in [3.8, 4) is 33.4 Å². The van der Waals surface area contributed by atoms with Crippen molar-refractivity contribution in [2.75, 3.05) is 0 Å². The molecule has 0 spiro atoms. The third kappa shape index (κ3) is 9.03. The van der Waals surface area contributed by atoms with Gasteiger partial charge in [-0.25, -0.2) is 12.1 Å². The third-order valence-corrected chi connectivity index (χ3v) is 15.6. The van der Waals surface area contributed by atoms with Crippen LogP contribution in [0, 0.1) is 6.07 Å². The molecule has 2 heteroatoms. The van der Waals surface area contributed by atoms with Crippen molar-refractivity contribution in [3.05, 3.63) is 198 Å². The van der Waals surface area contributed by atoms with Gasteiger partial charge < -0.3 is 0 Å². The molecule has 0 unspecified atom stereocenters. The van der Waals surface area contributed by atoms with Gasteiger partial charge in [0.15, 0.2) is 0 Å². The molecule has 52 heavy (non-hydrogen) atoms. The fraction of sp³-hybridized carbons (Fsp3) is 0.180. The van der Waals surface area contributed by atoms with Crippen LogP contribution in [0.25, 0.3) is 33.4 Å². The van der Waals surface area contributed by atoms with E-state index in [-0.39, 0.29) is 10.8 Å². The Morgan fingerprint density at radius 3 is 1.44 bits per heavy atom. The van der Waals surface area contributed by atoms with Gasteiger partial charge in [0.05, 0.1) is 0 Å². The minimum Gasteiger partial charge on any atom is -0.214 e. The first-order valence-electron chi connectivity index (χ1n) is 18.2. The fourth-order valence-corrected chi connectivity index (χ4v) is 10.6. The van der Waals surface area contributed by atoms with Crippen LogP contribution in [0.15, 0.2) is 170 Å². The summed E-state index contributed by atoms with van der Waals surface area (Å²) in [4.78, 5) is 0. The molecule has 0 radical (unpaired) electrons. The molecule has 0 saturated heterocycles. The van der Waals surface area contributed by atoms with E-state index in [0.29, 0.717) is 0 Å². The SMILES string of the molecule is CC(C)(C)c1cc2c([c-]c1-c1ccccc1)Cc1cc(-c3ccccc3)c(C(C)(C)C)cc1-2.[Zr+2]=[Si](c1ccccc1)c1ccccc1.c1cc[cH-]c1. The van der Waals surface area contributed by atoms with Gasteiger partial charge in [0.25, 0.3) is 0 Å². The largest absolute Gasteiger partial charge is 0.214 e. The maximum atomic E-state index is 3.88. The maximum Gasteiger partial charge on any atom is -0.172 e. The molecule has 0 nitrogen and oxygen atoms in total. The first-order chi connectivity index (χ1) is 25.0. The maximum absolute atomic E-state index is 3.88. The quantitative estimate of drug-likeness (QED) is 0.124. The van der Waals surface area contributed by atoms with E-state index in [9.17, 15) is 0 Å². The van der Waals surface area contributed by atoms with Crippen LogP contribution in [-0.4, -0.2) is 5.43 Å². The summed E-state index contributed by atoms with van der Waals surface area (Å²) in [5, 5.41) is 3.03. The molecule has 7 aromatic carbocycles. The smallest absolute Gasteiger partial charge is 0.172 e. The topological polar surface area (TPSA) is 0 Å². The van der Waals surface area contributed by atoms with Gasteiger partial charge in [-0.2, -0.15) is 18.2 Å². The first-order valence-corrected chi connectivity index (χ1v) is 23.4. The van der Waals surface area contributed by atoms with Gasteiger partial charge in [0, 0.05) is 0 Å². The zero-order valence-corrected chi connectivity index (χ0v) is 34.8. The Hall–Kier alpha value is -4.23. The number of benzene rings is 6. The van der Waals surface area contributed by atoms with Crippen LogP contribution in [-0.2, 0) is 40.6 Å². The average molecular weight is 768 g/mol. The van der Waals surface area contributed by atoms with Crippen molar-refractivity contribution < 1.29 is 23.3 Å². The average Bonchev–Trinajstić information content (AvgIpc) is 3.86. The molecule has 0 saturated carbocycles. The third-order valence-electron chi connectivity index (χ3n) is 9.50. The van der Waals surface area contributed by atoms with Crippen LogP contribution >= 0.6 is 0 Å². The van der Waals surface area contributed by atoms with Crippen LogP contribution in [0.3, 0.4) is 0 Å². The number of fused-ring (bicyclic) bond motifs is 3. The van der Waals surface area contributed by atoms with Crippen LogP contribution in [0.4, 0.5) is 0 Å². The summed E-state index contributed by atoms with van der Waals surface area (Å²) in [6.07, 6.45) is 0.944. The van der Waals surface area contributed by atoms with Crippen molar-refractivity contribution >= 4 is 15.8 Å². The second-order valence-corrected chi connectivity index (χ2v) is 21.1. The van der Waals surface area contributed by atoms with Gasteiger partial charge in [0.2, 0.25) is 0 Å². The zero-order chi connectivity index (χ0) is 36.7. The van der Waals surface area contributed by atoms with E-state index in [1.165, 1.54) is 66.0 Å². The summed E-state index contributed by atoms with van der Waals surface area (Å²) in [5.74, 6) is 0. The standard InChI is InChI=1S/C33H33.C12H10Si.C5H5.Zr/c1-32(2,3)30-20-26-24(18-28(30)22-13-9-7-10-14-22)17-25-19-29(23-15-11-8-12-16-23)31(21-27(25)26)33(4,5)6;1-3-7-11(8-4-1)13-12-9-5-2-6-10-12;1-2-4-5-3-1;/h7-16,18,20-21H,17H2,1-6H3;1-10H;1-5H;/q-1;;-1;+2. The normalized spacial score (nSPS) is 11.7. The molecule has 0 fully saturated rings. The second-order valence-electron chi connectivity index (χ2n) is 15.5. The van der Waals surface area contributed by atoms with Crippen molar-refractivity contribution in [1.82, 2.24) is 0 Å². The molecule has 0 heterocycles. The Morgan fingerprint density at radius 1 is 0.519 bits per heavy atom. The molecule has 8 rings (SSSR count). The molecule has 0 aliphatic heterocycles. The van der Waals surface area contributed by atoms with Crippen molar-refractivity contribution in [3.63, 3.8) is 0 Å². The zero-order valence-electron chi connectivity index (χ0n) is 31.4. The molecule has 1 aliphatic carbocycles. The van der Waals surface area contributed by atoms with Crippen LogP contribution < -0.4 is 10.4 Å². The van der Waals surface area contributed by atoms with E-state index in [0.717, 1.165) is 6.42 Å². The first kappa shape index (κ1) is 37.5. The summed E-state index contributed by atoms with van der Waals surface area (Å²) in [7, 11) is 0. The van der Waals surface area contributed by atoms with E-state index in [1.807, 2.05) is 30.3 Å². The summed E-state index contributed by atoms with van der Waals surface area (Å²) in [5.41, 5.74) is 13.0. The van der Waals surface area contributed by atoms with Gasteiger partial charge in [-0.1, -0.05) is 131 Å². The fourth-order valence-electron chi connectivity index (χ4n) is 6.80. The number of hydrogen-bond donors (Lipinski definition) is 0. The Balaban J connectivity index is 0.000000199. The van der Waals surface area contributed by atoms with Gasteiger partial charge in [0.1, 0.15) is 0 Å². The second kappa shape index (κ2) is 16.6. The minimum absolute atomic E-state index is 0.0380. The molecular formula is C50H48SiZr. The van der Waals surface area contributed by atoms with Crippen LogP contribution in [0.2, 0.25) is 0 Å². The summed E-state index contributed by atoms with van der Waals surface area (Å²) in [6.45, 7) is 13.9. The summed E-state index contributed by atoms with van der Waals surface area (Å²) in [6, 6.07) is 64.5. The molecule has 0 aromatic heterocycles. The molecule has 256 valence electrons. The van der Waals surface area contributed by atoms with Gasteiger partial charge in [-0.05, 0) is 39.5 Å². The molecule has 7 aromatic rings. The van der Waals surface area contributed by atoms with E-state index >= 15 is 0 Å². The Kier molecular flexibility index (Phi) is 12.0. The van der Waals surface area contributed by atoms with Gasteiger partial charge in [-0.3, -0.25) is 0 Å². The van der Waals surface area contributed by atoms with Crippen LogP contribution in [0.1, 0.15) is 63.8 Å². The summed E-state index contributed by atoms with van der Waals surface area (Å²) >= 11 is 1.64. The molecule has 0 amide bonds. The molecule has 1 aliphatic rings. The van der Waals surface area contributed by atoms with Crippen LogP contribution in [0.5, 0.6) is 0 Å². The van der Waals surface area contributed by atoms with Gasteiger partial charge in [-0.15, -0.1) is 28.8 Å². The Labute approximate surface area is 327 Å². The molecular weight excluding hydrogens is 720 g/mol. The number of rotatable bonds is 4. The predicted molar refractivity (Wildman–Crippen MR) is 222 cm³/mol. The van der Waals surface area contributed by atoms with E-state index < -0.39 is 5.43 Å². The Bertz CT molecular complexity index is 2040. The summed E-state index contributed by atoms with van der Waals surface area (Å²) < 4.78 is 0. The van der Waals surface area contributed by atoms with Gasteiger partial charge >= 0.3 is 99.8 Å². The molecule has 0 atom stereocenters. The van der Waals surface area contributed by atoms with Crippen molar-refractivity contribution in [1.29, 1.82) is 0 Å².